The molecule has 0 unspecified atom stereocenters. The highest BCUT2D eigenvalue weighted by Crippen LogP contribution is 2.24. The topological polar surface area (TPSA) is 64.9 Å². The number of aryl methyl sites for hydroxylation is 1. The predicted octanol–water partition coefficient (Wildman–Crippen LogP) is 4.21. The van der Waals surface area contributed by atoms with Gasteiger partial charge in [-0.05, 0) is 58.8 Å². The van der Waals surface area contributed by atoms with Crippen molar-refractivity contribution >= 4 is 11.8 Å². The molecule has 3 aromatic rings. The van der Waals surface area contributed by atoms with Crippen LogP contribution in [0.3, 0.4) is 0 Å². The number of rotatable bonds is 6. The van der Waals surface area contributed by atoms with Gasteiger partial charge in [-0.25, -0.2) is 0 Å². The van der Waals surface area contributed by atoms with Gasteiger partial charge in [0.05, 0.1) is 5.69 Å². The molecule has 2 aromatic carbocycles. The lowest BCUT2D eigenvalue weighted by atomic mass is 10.1. The summed E-state index contributed by atoms with van der Waals surface area (Å²) in [5.74, 6) is 0.222. The standard InChI is InChI=1S/C18H16F3N5O/c1-2-13-3-7-15(8-4-13)26-17(23-24-25-26)11-12-22-14-5-9-16(10-6-14)27-18(19,20)21/h3-12,22H,2H2,1H3/b12-11-. The average Bonchev–Trinajstić information content (AvgIpc) is 3.10. The Morgan fingerprint density at radius 2 is 1.78 bits per heavy atom. The van der Waals surface area contributed by atoms with Crippen LogP contribution >= 0.6 is 0 Å². The fraction of sp³-hybridized carbons (Fsp3) is 0.167. The number of alkyl halides is 3. The maximum Gasteiger partial charge on any atom is 0.573 e. The van der Waals surface area contributed by atoms with Crippen LogP contribution in [0.15, 0.2) is 54.7 Å². The van der Waals surface area contributed by atoms with Crippen molar-refractivity contribution in [1.82, 2.24) is 20.2 Å². The summed E-state index contributed by atoms with van der Waals surface area (Å²) in [4.78, 5) is 0. The van der Waals surface area contributed by atoms with E-state index < -0.39 is 6.36 Å². The number of hydrogen-bond acceptors (Lipinski definition) is 5. The summed E-state index contributed by atoms with van der Waals surface area (Å²) in [5, 5.41) is 14.5. The first-order valence-corrected chi connectivity index (χ1v) is 8.11. The maximum atomic E-state index is 12.2. The molecule has 0 spiro atoms. The Balaban J connectivity index is 1.66. The van der Waals surface area contributed by atoms with Gasteiger partial charge in [-0.3, -0.25) is 0 Å². The third kappa shape index (κ3) is 5.06. The second-order valence-electron chi connectivity index (χ2n) is 5.52. The normalized spacial score (nSPS) is 11.7. The molecular formula is C18H16F3N5O. The number of benzene rings is 2. The van der Waals surface area contributed by atoms with Crippen LogP contribution in [0.2, 0.25) is 0 Å². The van der Waals surface area contributed by atoms with E-state index in [2.05, 4.69) is 32.5 Å². The van der Waals surface area contributed by atoms with Crippen molar-refractivity contribution in [3.63, 3.8) is 0 Å². The van der Waals surface area contributed by atoms with E-state index in [4.69, 9.17) is 0 Å². The van der Waals surface area contributed by atoms with Gasteiger partial charge in [-0.15, -0.1) is 18.3 Å². The van der Waals surface area contributed by atoms with Crippen molar-refractivity contribution in [1.29, 1.82) is 0 Å². The summed E-state index contributed by atoms with van der Waals surface area (Å²) in [6.07, 6.45) is -0.503. The number of aromatic nitrogens is 4. The molecule has 0 amide bonds. The van der Waals surface area contributed by atoms with E-state index in [0.717, 1.165) is 12.1 Å². The maximum absolute atomic E-state index is 12.2. The van der Waals surface area contributed by atoms with E-state index in [9.17, 15) is 13.2 Å². The van der Waals surface area contributed by atoms with Gasteiger partial charge in [-0.1, -0.05) is 19.1 Å². The van der Waals surface area contributed by atoms with Gasteiger partial charge in [0.1, 0.15) is 5.75 Å². The lowest BCUT2D eigenvalue weighted by Gasteiger charge is -2.09. The van der Waals surface area contributed by atoms with E-state index >= 15 is 0 Å². The number of halogens is 3. The minimum absolute atomic E-state index is 0.281. The molecule has 3 rings (SSSR count). The van der Waals surface area contributed by atoms with Crippen LogP contribution in [0.5, 0.6) is 5.75 Å². The third-order valence-electron chi connectivity index (χ3n) is 3.65. The molecule has 0 aliphatic carbocycles. The Kier molecular flexibility index (Phi) is 5.39. The highest BCUT2D eigenvalue weighted by molar-refractivity contribution is 5.53. The Hall–Kier alpha value is -3.36. The SMILES string of the molecule is CCc1ccc(-n2nnnc2/C=C\Nc2ccc(OC(F)(F)F)cc2)cc1. The van der Waals surface area contributed by atoms with Crippen LogP contribution in [0.1, 0.15) is 18.3 Å². The van der Waals surface area contributed by atoms with Crippen LogP contribution in [-0.4, -0.2) is 26.6 Å². The molecule has 9 heteroatoms. The molecule has 140 valence electrons. The molecule has 0 saturated heterocycles. The van der Waals surface area contributed by atoms with Crippen LogP contribution in [-0.2, 0) is 6.42 Å². The summed E-state index contributed by atoms with van der Waals surface area (Å²) in [6, 6.07) is 13.3. The van der Waals surface area contributed by atoms with Gasteiger partial charge < -0.3 is 10.1 Å². The number of anilines is 1. The zero-order chi connectivity index (χ0) is 19.3. The minimum atomic E-state index is -4.71. The largest absolute Gasteiger partial charge is 0.573 e. The molecule has 0 aliphatic rings. The molecule has 0 bridgehead atoms. The van der Waals surface area contributed by atoms with E-state index in [1.54, 1.807) is 17.0 Å². The highest BCUT2D eigenvalue weighted by atomic mass is 19.4. The van der Waals surface area contributed by atoms with Gasteiger partial charge in [0.25, 0.3) is 0 Å². The second-order valence-corrected chi connectivity index (χ2v) is 5.52. The van der Waals surface area contributed by atoms with E-state index in [1.807, 2.05) is 24.3 Å². The monoisotopic (exact) mass is 375 g/mol. The van der Waals surface area contributed by atoms with E-state index in [0.29, 0.717) is 11.5 Å². The Bertz CT molecular complexity index is 902. The van der Waals surface area contributed by atoms with Crippen molar-refractivity contribution in [2.24, 2.45) is 0 Å². The molecule has 0 aliphatic heterocycles. The molecule has 27 heavy (non-hydrogen) atoms. The van der Waals surface area contributed by atoms with Crippen LogP contribution in [0.25, 0.3) is 11.8 Å². The molecule has 0 saturated carbocycles. The van der Waals surface area contributed by atoms with Gasteiger partial charge in [0, 0.05) is 18.0 Å². The Labute approximate surface area is 153 Å². The number of nitrogens with one attached hydrogen (secondary N) is 1. The second kappa shape index (κ2) is 7.90. The van der Waals surface area contributed by atoms with Crippen LogP contribution < -0.4 is 10.1 Å². The summed E-state index contributed by atoms with van der Waals surface area (Å²) < 4.78 is 41.9. The Morgan fingerprint density at radius 3 is 2.41 bits per heavy atom. The van der Waals surface area contributed by atoms with Crippen molar-refractivity contribution < 1.29 is 17.9 Å². The van der Waals surface area contributed by atoms with Crippen LogP contribution in [0.4, 0.5) is 18.9 Å². The van der Waals surface area contributed by atoms with Crippen molar-refractivity contribution in [2.75, 3.05) is 5.32 Å². The molecule has 6 nitrogen and oxygen atoms in total. The summed E-state index contributed by atoms with van der Waals surface area (Å²) in [6.45, 7) is 2.08. The number of nitrogens with zero attached hydrogens (tertiary/aromatic N) is 4. The minimum Gasteiger partial charge on any atom is -0.406 e. The van der Waals surface area contributed by atoms with Crippen molar-refractivity contribution in [2.45, 2.75) is 19.7 Å². The van der Waals surface area contributed by atoms with Gasteiger partial charge >= 0.3 is 6.36 Å². The summed E-state index contributed by atoms with van der Waals surface area (Å²) >= 11 is 0. The number of ether oxygens (including phenoxy) is 1. The highest BCUT2D eigenvalue weighted by Gasteiger charge is 2.30. The predicted molar refractivity (Wildman–Crippen MR) is 94.3 cm³/mol. The fourth-order valence-electron chi connectivity index (χ4n) is 2.32. The number of hydrogen-bond donors (Lipinski definition) is 1. The van der Waals surface area contributed by atoms with Crippen LogP contribution in [0, 0.1) is 0 Å². The summed E-state index contributed by atoms with van der Waals surface area (Å²) in [5.41, 5.74) is 2.63. The molecular weight excluding hydrogens is 359 g/mol. The van der Waals surface area contributed by atoms with Gasteiger partial charge in [-0.2, -0.15) is 4.68 Å². The number of tetrazole rings is 1. The molecule has 0 radical (unpaired) electrons. The zero-order valence-corrected chi connectivity index (χ0v) is 14.3. The molecule has 1 aromatic heterocycles. The average molecular weight is 375 g/mol. The Morgan fingerprint density at radius 1 is 1.07 bits per heavy atom. The fourth-order valence-corrected chi connectivity index (χ4v) is 2.32. The van der Waals surface area contributed by atoms with Crippen molar-refractivity contribution in [3.05, 3.63) is 66.1 Å². The lowest BCUT2D eigenvalue weighted by Crippen LogP contribution is -2.16. The van der Waals surface area contributed by atoms with Crippen molar-refractivity contribution in [3.8, 4) is 11.4 Å². The molecule has 0 fully saturated rings. The lowest BCUT2D eigenvalue weighted by molar-refractivity contribution is -0.274. The first-order valence-electron chi connectivity index (χ1n) is 8.11. The van der Waals surface area contributed by atoms with Gasteiger partial charge in [0.2, 0.25) is 0 Å². The van der Waals surface area contributed by atoms with E-state index in [1.165, 1.54) is 29.8 Å². The molecule has 0 atom stereocenters. The summed E-state index contributed by atoms with van der Waals surface area (Å²) in [7, 11) is 0. The first-order chi connectivity index (χ1) is 12.9. The third-order valence-corrected chi connectivity index (χ3v) is 3.65. The van der Waals surface area contributed by atoms with Gasteiger partial charge in [0.15, 0.2) is 5.82 Å². The zero-order valence-electron chi connectivity index (χ0n) is 14.3. The molecule has 1 heterocycles. The molecule has 1 N–H and O–H groups in total. The van der Waals surface area contributed by atoms with E-state index in [-0.39, 0.29) is 5.75 Å². The smallest absolute Gasteiger partial charge is 0.406 e. The quantitative estimate of drug-likeness (QED) is 0.699. The first kappa shape index (κ1) is 18.4.